The number of hydrogen-bond donors (Lipinski definition) is 1. The topological polar surface area (TPSA) is 89.6 Å². The van der Waals surface area contributed by atoms with Crippen molar-refractivity contribution in [1.29, 1.82) is 0 Å². The largest absolute Gasteiger partial charge is 0.507 e. The maximum absolute atomic E-state index is 12.5. The van der Waals surface area contributed by atoms with Crippen LogP contribution in [0.2, 0.25) is 0 Å². The summed E-state index contributed by atoms with van der Waals surface area (Å²) in [6, 6.07) is 14.2. The van der Waals surface area contributed by atoms with Gasteiger partial charge in [0.1, 0.15) is 33.7 Å². The number of rotatable bonds is 2. The zero-order valence-corrected chi connectivity index (χ0v) is 12.8. The molecule has 0 amide bonds. The molecule has 0 radical (unpaired) electrons. The molecule has 0 aliphatic carbocycles. The zero-order valence-electron chi connectivity index (χ0n) is 12.8. The van der Waals surface area contributed by atoms with Gasteiger partial charge >= 0.3 is 5.97 Å². The highest BCUT2D eigenvalue weighted by atomic mass is 16.5. The number of hydrogen-bond acceptors (Lipinski definition) is 6. The molecule has 0 fully saturated rings. The Labute approximate surface area is 140 Å². The lowest BCUT2D eigenvalue weighted by molar-refractivity contribution is 0.0728. The fourth-order valence-corrected chi connectivity index (χ4v) is 2.58. The van der Waals surface area contributed by atoms with E-state index in [2.05, 4.69) is 4.98 Å². The Balaban J connectivity index is 1.83. The third-order valence-electron chi connectivity index (χ3n) is 3.72. The van der Waals surface area contributed by atoms with Gasteiger partial charge in [-0.3, -0.25) is 4.79 Å². The fraction of sp³-hybridized carbons (Fsp3) is 0. The number of pyridine rings is 1. The van der Waals surface area contributed by atoms with Gasteiger partial charge < -0.3 is 14.3 Å². The summed E-state index contributed by atoms with van der Waals surface area (Å²) in [4.78, 5) is 28.5. The number of aromatic hydroxyl groups is 1. The minimum Gasteiger partial charge on any atom is -0.507 e. The second-order valence-corrected chi connectivity index (χ2v) is 5.35. The van der Waals surface area contributed by atoms with E-state index in [9.17, 15) is 14.7 Å². The van der Waals surface area contributed by atoms with E-state index in [1.807, 2.05) is 0 Å². The maximum atomic E-state index is 12.5. The van der Waals surface area contributed by atoms with Crippen molar-refractivity contribution in [3.8, 4) is 11.5 Å². The third-order valence-corrected chi connectivity index (χ3v) is 3.72. The van der Waals surface area contributed by atoms with Gasteiger partial charge in [0.25, 0.3) is 0 Å². The third kappa shape index (κ3) is 2.59. The van der Waals surface area contributed by atoms with E-state index >= 15 is 0 Å². The van der Waals surface area contributed by atoms with Crippen molar-refractivity contribution in [2.45, 2.75) is 0 Å². The predicted molar refractivity (Wildman–Crippen MR) is 90.9 cm³/mol. The minimum absolute atomic E-state index is 0.0383. The molecule has 6 nitrogen and oxygen atoms in total. The number of fused-ring (bicyclic) bond motifs is 2. The van der Waals surface area contributed by atoms with E-state index in [0.717, 1.165) is 0 Å². The number of carbonyl (C=O) groups is 1. The van der Waals surface area contributed by atoms with Crippen molar-refractivity contribution in [2.24, 2.45) is 0 Å². The van der Waals surface area contributed by atoms with Gasteiger partial charge in [0.2, 0.25) is 5.43 Å². The molecule has 0 spiro atoms. The van der Waals surface area contributed by atoms with Crippen molar-refractivity contribution in [3.05, 3.63) is 76.7 Å². The van der Waals surface area contributed by atoms with Gasteiger partial charge in [0.05, 0.1) is 5.39 Å². The highest BCUT2D eigenvalue weighted by molar-refractivity contribution is 5.95. The molecule has 4 aromatic rings. The number of phenolic OH excluding ortho intramolecular Hbond substituents is 1. The van der Waals surface area contributed by atoms with Crippen LogP contribution in [0.3, 0.4) is 0 Å². The van der Waals surface area contributed by atoms with Crippen LogP contribution in [0.1, 0.15) is 10.5 Å². The number of aromatic nitrogens is 1. The molecule has 25 heavy (non-hydrogen) atoms. The van der Waals surface area contributed by atoms with E-state index in [1.54, 1.807) is 36.4 Å². The summed E-state index contributed by atoms with van der Waals surface area (Å²) in [5, 5.41) is 10.6. The number of carbonyl (C=O) groups excluding carboxylic acids is 1. The molecular formula is C19H11NO5. The second-order valence-electron chi connectivity index (χ2n) is 5.35. The predicted octanol–water partition coefficient (Wildman–Crippen LogP) is 3.27. The summed E-state index contributed by atoms with van der Waals surface area (Å²) in [5.41, 5.74) is 0.291. The summed E-state index contributed by atoms with van der Waals surface area (Å²) in [6.45, 7) is 0. The monoisotopic (exact) mass is 333 g/mol. The molecule has 122 valence electrons. The number of nitrogens with zero attached hydrogens (tertiary/aromatic N) is 1. The first-order valence-corrected chi connectivity index (χ1v) is 7.45. The van der Waals surface area contributed by atoms with Crippen molar-refractivity contribution in [1.82, 2.24) is 4.98 Å². The summed E-state index contributed by atoms with van der Waals surface area (Å²) < 4.78 is 10.9. The van der Waals surface area contributed by atoms with Crippen LogP contribution >= 0.6 is 0 Å². The van der Waals surface area contributed by atoms with Crippen LogP contribution in [-0.4, -0.2) is 16.1 Å². The highest BCUT2D eigenvalue weighted by Gasteiger charge is 2.16. The quantitative estimate of drug-likeness (QED) is 0.344. The summed E-state index contributed by atoms with van der Waals surface area (Å²) in [6.07, 6.45) is 1.47. The normalized spacial score (nSPS) is 10.9. The molecule has 0 aliphatic rings. The van der Waals surface area contributed by atoms with E-state index in [-0.39, 0.29) is 33.6 Å². The van der Waals surface area contributed by atoms with Crippen molar-refractivity contribution < 1.29 is 19.1 Å². The molecule has 2 aromatic heterocycles. The van der Waals surface area contributed by atoms with Crippen LogP contribution in [0, 0.1) is 0 Å². The SMILES string of the molecule is O=C(Oc1cc(O)c2c(=O)c3ccccc3oc2c1)c1ccccn1. The summed E-state index contributed by atoms with van der Waals surface area (Å²) >= 11 is 0. The lowest BCUT2D eigenvalue weighted by Gasteiger charge is -2.07. The smallest absolute Gasteiger partial charge is 0.362 e. The zero-order chi connectivity index (χ0) is 17.4. The first kappa shape index (κ1) is 14.9. The Hall–Kier alpha value is -3.67. The number of ether oxygens (including phenoxy) is 1. The number of esters is 1. The molecular weight excluding hydrogens is 322 g/mol. The fourth-order valence-electron chi connectivity index (χ4n) is 2.58. The maximum Gasteiger partial charge on any atom is 0.362 e. The lowest BCUT2D eigenvalue weighted by Crippen LogP contribution is -2.10. The molecule has 0 atom stereocenters. The molecule has 2 heterocycles. The first-order valence-electron chi connectivity index (χ1n) is 7.45. The molecule has 2 aromatic carbocycles. The molecule has 6 heteroatoms. The van der Waals surface area contributed by atoms with Crippen LogP contribution < -0.4 is 10.2 Å². The highest BCUT2D eigenvalue weighted by Crippen LogP contribution is 2.30. The average molecular weight is 333 g/mol. The molecule has 0 saturated heterocycles. The van der Waals surface area contributed by atoms with Crippen molar-refractivity contribution in [3.63, 3.8) is 0 Å². The molecule has 0 bridgehead atoms. The van der Waals surface area contributed by atoms with Gasteiger partial charge in [-0.25, -0.2) is 9.78 Å². The van der Waals surface area contributed by atoms with Gasteiger partial charge in [-0.15, -0.1) is 0 Å². The Morgan fingerprint density at radius 3 is 2.64 bits per heavy atom. The standard InChI is InChI=1S/C19H11NO5/c21-14-9-11(24-19(23)13-6-3-4-8-20-13)10-16-17(14)18(22)12-5-1-2-7-15(12)25-16/h1-10,21H. The second kappa shape index (κ2) is 5.76. The van der Waals surface area contributed by atoms with Crippen molar-refractivity contribution >= 4 is 27.9 Å². The van der Waals surface area contributed by atoms with Gasteiger partial charge in [0, 0.05) is 18.3 Å². The number of benzene rings is 2. The summed E-state index contributed by atoms with van der Waals surface area (Å²) in [7, 11) is 0. The van der Waals surface area contributed by atoms with Crippen molar-refractivity contribution in [2.75, 3.05) is 0 Å². The number of phenols is 1. The summed E-state index contributed by atoms with van der Waals surface area (Å²) in [5.74, 6) is -0.942. The molecule has 1 N–H and O–H groups in total. The van der Waals surface area contributed by atoms with Crippen LogP contribution in [0.25, 0.3) is 21.9 Å². The van der Waals surface area contributed by atoms with E-state index in [4.69, 9.17) is 9.15 Å². The van der Waals surface area contributed by atoms with Gasteiger partial charge in [0.15, 0.2) is 0 Å². The Kier molecular flexibility index (Phi) is 3.43. The average Bonchev–Trinajstić information content (AvgIpc) is 2.62. The van der Waals surface area contributed by atoms with Gasteiger partial charge in [-0.05, 0) is 24.3 Å². The Bertz CT molecular complexity index is 1160. The van der Waals surface area contributed by atoms with Crippen LogP contribution in [0.4, 0.5) is 0 Å². The molecule has 0 unspecified atom stereocenters. The van der Waals surface area contributed by atoms with E-state index < -0.39 is 5.97 Å². The van der Waals surface area contributed by atoms with E-state index in [1.165, 1.54) is 24.4 Å². The minimum atomic E-state index is -0.678. The Morgan fingerprint density at radius 1 is 1.04 bits per heavy atom. The van der Waals surface area contributed by atoms with Gasteiger partial charge in [-0.1, -0.05) is 18.2 Å². The van der Waals surface area contributed by atoms with Gasteiger partial charge in [-0.2, -0.15) is 0 Å². The van der Waals surface area contributed by atoms with Crippen LogP contribution in [-0.2, 0) is 0 Å². The van der Waals surface area contributed by atoms with E-state index in [0.29, 0.717) is 11.0 Å². The van der Waals surface area contributed by atoms with Crippen LogP contribution in [0.5, 0.6) is 11.5 Å². The Morgan fingerprint density at radius 2 is 1.84 bits per heavy atom. The molecule has 4 rings (SSSR count). The molecule has 0 aliphatic heterocycles. The van der Waals surface area contributed by atoms with Crippen LogP contribution in [0.15, 0.2) is 70.0 Å². The number of para-hydroxylation sites is 1. The lowest BCUT2D eigenvalue weighted by atomic mass is 10.1. The molecule has 0 saturated carbocycles. The first-order chi connectivity index (χ1) is 12.1.